The number of ether oxygens (including phenoxy) is 1. The molecule has 1 aromatic carbocycles. The van der Waals surface area contributed by atoms with E-state index < -0.39 is 5.97 Å². The van der Waals surface area contributed by atoms with Gasteiger partial charge in [-0.1, -0.05) is 6.92 Å². The van der Waals surface area contributed by atoms with Gasteiger partial charge in [-0.15, -0.1) is 0 Å². The number of rotatable bonds is 8. The summed E-state index contributed by atoms with van der Waals surface area (Å²) >= 11 is 0. The first-order valence-corrected chi connectivity index (χ1v) is 6.58. The van der Waals surface area contributed by atoms with Crippen molar-refractivity contribution in [2.75, 3.05) is 30.9 Å². The smallest absolute Gasteiger partial charge is 0.342 e. The van der Waals surface area contributed by atoms with Crippen LogP contribution in [0.25, 0.3) is 0 Å². The fourth-order valence-corrected chi connectivity index (χ4v) is 1.52. The van der Waals surface area contributed by atoms with E-state index >= 15 is 0 Å². The molecule has 0 saturated heterocycles. The van der Waals surface area contributed by atoms with Crippen LogP contribution in [0.2, 0.25) is 0 Å². The lowest BCUT2D eigenvalue weighted by Gasteiger charge is -2.13. The number of benzene rings is 1. The number of amides is 1. The molecule has 0 bridgehead atoms. The molecular formula is C14H20N2O5. The van der Waals surface area contributed by atoms with E-state index in [1.165, 1.54) is 6.92 Å². The van der Waals surface area contributed by atoms with Crippen LogP contribution in [0.4, 0.5) is 11.4 Å². The summed E-state index contributed by atoms with van der Waals surface area (Å²) in [6.07, 6.45) is 0.264. The van der Waals surface area contributed by atoms with E-state index in [2.05, 4.69) is 15.5 Å². The third-order valence-corrected chi connectivity index (χ3v) is 2.46. The summed E-state index contributed by atoms with van der Waals surface area (Å²) in [7, 11) is 1.55. The molecule has 0 aromatic heterocycles. The monoisotopic (exact) mass is 296 g/mol. The number of methoxy groups -OCH3 is 1. The minimum atomic E-state index is -0.416. The number of hydrogen-bond donors (Lipinski definition) is 2. The van der Waals surface area contributed by atoms with Crippen LogP contribution in [-0.2, 0) is 19.4 Å². The third-order valence-electron chi connectivity index (χ3n) is 2.46. The van der Waals surface area contributed by atoms with Gasteiger partial charge in [-0.3, -0.25) is 9.68 Å². The van der Waals surface area contributed by atoms with Crippen LogP contribution in [-0.4, -0.2) is 32.1 Å². The Morgan fingerprint density at radius 2 is 2.05 bits per heavy atom. The number of anilines is 2. The molecule has 21 heavy (non-hydrogen) atoms. The van der Waals surface area contributed by atoms with Gasteiger partial charge in [-0.05, 0) is 18.2 Å². The maximum absolute atomic E-state index is 11.0. The molecule has 7 nitrogen and oxygen atoms in total. The Labute approximate surface area is 123 Å². The highest BCUT2D eigenvalue weighted by atomic mass is 17.2. The average Bonchev–Trinajstić information content (AvgIpc) is 2.46. The molecule has 0 heterocycles. The van der Waals surface area contributed by atoms with Crippen molar-refractivity contribution in [2.45, 2.75) is 20.3 Å². The van der Waals surface area contributed by atoms with Gasteiger partial charge in [0.1, 0.15) is 12.4 Å². The van der Waals surface area contributed by atoms with Crippen LogP contribution in [0.5, 0.6) is 5.75 Å². The van der Waals surface area contributed by atoms with Gasteiger partial charge in [-0.25, -0.2) is 4.79 Å². The van der Waals surface area contributed by atoms with E-state index in [9.17, 15) is 9.59 Å². The number of nitrogens with one attached hydrogen (secondary N) is 2. The van der Waals surface area contributed by atoms with E-state index in [1.54, 1.807) is 32.2 Å². The Hall–Kier alpha value is -2.28. The molecule has 0 radical (unpaired) electrons. The normalized spacial score (nSPS) is 9.86. The average molecular weight is 296 g/mol. The molecule has 0 atom stereocenters. The molecule has 0 unspecified atom stereocenters. The highest BCUT2D eigenvalue weighted by Gasteiger charge is 2.05. The Morgan fingerprint density at radius 3 is 2.67 bits per heavy atom. The molecule has 0 saturated carbocycles. The zero-order valence-corrected chi connectivity index (χ0v) is 12.4. The van der Waals surface area contributed by atoms with Gasteiger partial charge in [-0.2, -0.15) is 4.89 Å². The first-order chi connectivity index (χ1) is 10.1. The highest BCUT2D eigenvalue weighted by Crippen LogP contribution is 2.27. The van der Waals surface area contributed by atoms with Crippen molar-refractivity contribution in [2.24, 2.45) is 0 Å². The van der Waals surface area contributed by atoms with Crippen molar-refractivity contribution < 1.29 is 24.1 Å². The van der Waals surface area contributed by atoms with Crippen LogP contribution in [0, 0.1) is 0 Å². The predicted octanol–water partition coefficient (Wildman–Crippen LogP) is 1.95. The molecule has 2 N–H and O–H groups in total. The van der Waals surface area contributed by atoms with E-state index in [0.29, 0.717) is 23.7 Å². The van der Waals surface area contributed by atoms with E-state index in [0.717, 1.165) is 0 Å². The maximum Gasteiger partial charge on any atom is 0.342 e. The molecule has 0 spiro atoms. The summed E-state index contributed by atoms with van der Waals surface area (Å²) < 4.78 is 5.22. The molecule has 0 fully saturated rings. The van der Waals surface area contributed by atoms with Crippen molar-refractivity contribution in [3.63, 3.8) is 0 Å². The Bertz CT molecular complexity index is 490. The zero-order valence-electron chi connectivity index (χ0n) is 12.4. The van der Waals surface area contributed by atoms with Gasteiger partial charge >= 0.3 is 5.97 Å². The van der Waals surface area contributed by atoms with E-state index in [-0.39, 0.29) is 18.9 Å². The second-order valence-electron chi connectivity index (χ2n) is 4.15. The van der Waals surface area contributed by atoms with Crippen molar-refractivity contribution in [3.8, 4) is 5.75 Å². The van der Waals surface area contributed by atoms with Crippen LogP contribution in [0.15, 0.2) is 18.2 Å². The lowest BCUT2D eigenvalue weighted by atomic mass is 10.2. The first-order valence-electron chi connectivity index (χ1n) is 6.58. The Morgan fingerprint density at radius 1 is 1.29 bits per heavy atom. The van der Waals surface area contributed by atoms with Crippen molar-refractivity contribution >= 4 is 23.3 Å². The molecule has 0 aliphatic rings. The number of hydrogen-bond acceptors (Lipinski definition) is 6. The van der Waals surface area contributed by atoms with Crippen molar-refractivity contribution in [3.05, 3.63) is 18.2 Å². The van der Waals surface area contributed by atoms with Crippen molar-refractivity contribution in [1.29, 1.82) is 0 Å². The molecule has 0 aliphatic heterocycles. The molecule has 1 aromatic rings. The molecular weight excluding hydrogens is 276 g/mol. The fraction of sp³-hybridized carbons (Fsp3) is 0.429. The van der Waals surface area contributed by atoms with Crippen LogP contribution in [0.3, 0.4) is 0 Å². The lowest BCUT2D eigenvalue weighted by molar-refractivity contribution is -0.269. The van der Waals surface area contributed by atoms with Gasteiger partial charge in [0.2, 0.25) is 5.91 Å². The number of carbonyl (C=O) groups excluding carboxylic acids is 2. The summed E-state index contributed by atoms with van der Waals surface area (Å²) in [5, 5.41) is 5.76. The van der Waals surface area contributed by atoms with Gasteiger partial charge < -0.3 is 15.4 Å². The first kappa shape index (κ1) is 16.8. The summed E-state index contributed by atoms with van der Waals surface area (Å²) in [4.78, 5) is 31.2. The Balaban J connectivity index is 2.51. The largest absolute Gasteiger partial charge is 0.495 e. The summed E-state index contributed by atoms with van der Waals surface area (Å²) in [5.41, 5.74) is 1.36. The predicted molar refractivity (Wildman–Crippen MR) is 78.1 cm³/mol. The quantitative estimate of drug-likeness (QED) is 0.433. The van der Waals surface area contributed by atoms with E-state index in [1.807, 2.05) is 0 Å². The van der Waals surface area contributed by atoms with Gasteiger partial charge in [0, 0.05) is 25.6 Å². The standard InChI is InChI=1S/C14H20N2O5/c1-4-14(18)21-20-8-7-15-12-9-11(16-10(2)17)5-6-13(12)19-3/h5-6,9,15H,4,7-8H2,1-3H3,(H,16,17). The van der Waals surface area contributed by atoms with Crippen LogP contribution < -0.4 is 15.4 Å². The minimum Gasteiger partial charge on any atom is -0.495 e. The highest BCUT2D eigenvalue weighted by molar-refractivity contribution is 5.89. The molecule has 116 valence electrons. The van der Waals surface area contributed by atoms with Gasteiger partial charge in [0.05, 0.1) is 12.8 Å². The van der Waals surface area contributed by atoms with Crippen LogP contribution >= 0.6 is 0 Å². The SMILES string of the molecule is CCC(=O)OOCCNc1cc(NC(C)=O)ccc1OC. The number of carbonyl (C=O) groups is 2. The minimum absolute atomic E-state index is 0.152. The van der Waals surface area contributed by atoms with E-state index in [4.69, 9.17) is 9.62 Å². The maximum atomic E-state index is 11.0. The van der Waals surface area contributed by atoms with Crippen molar-refractivity contribution in [1.82, 2.24) is 0 Å². The van der Waals surface area contributed by atoms with Crippen LogP contribution in [0.1, 0.15) is 20.3 Å². The second kappa shape index (κ2) is 8.80. The summed E-state index contributed by atoms with van der Waals surface area (Å²) in [6, 6.07) is 5.23. The zero-order chi connectivity index (χ0) is 15.7. The fourth-order valence-electron chi connectivity index (χ4n) is 1.52. The second-order valence-corrected chi connectivity index (χ2v) is 4.15. The third kappa shape index (κ3) is 6.13. The topological polar surface area (TPSA) is 85.9 Å². The molecule has 1 amide bonds. The Kier molecular flexibility index (Phi) is 7.03. The summed E-state index contributed by atoms with van der Waals surface area (Å²) in [6.45, 7) is 3.73. The summed E-state index contributed by atoms with van der Waals surface area (Å²) in [5.74, 6) is 0.0656. The lowest BCUT2D eigenvalue weighted by Crippen LogP contribution is -2.13. The van der Waals surface area contributed by atoms with Gasteiger partial charge in [0.25, 0.3) is 0 Å². The molecule has 0 aliphatic carbocycles. The molecule has 1 rings (SSSR count). The van der Waals surface area contributed by atoms with Gasteiger partial charge in [0.15, 0.2) is 0 Å². The molecule has 7 heteroatoms.